The van der Waals surface area contributed by atoms with Crippen LogP contribution in [0.1, 0.15) is 46.7 Å². The fourth-order valence-electron chi connectivity index (χ4n) is 4.87. The van der Waals surface area contributed by atoms with Gasteiger partial charge in [-0.2, -0.15) is 0 Å². The number of carbonyl (C=O) groups is 1. The number of piperidine rings is 1. The van der Waals surface area contributed by atoms with Crippen molar-refractivity contribution in [2.45, 2.75) is 38.0 Å². The van der Waals surface area contributed by atoms with Crippen LogP contribution >= 0.6 is 0 Å². The van der Waals surface area contributed by atoms with Gasteiger partial charge in [0.05, 0.1) is 17.0 Å². The summed E-state index contributed by atoms with van der Waals surface area (Å²) in [6.07, 6.45) is 7.48. The van der Waals surface area contributed by atoms with Gasteiger partial charge in [-0.25, -0.2) is 19.9 Å². The third-order valence-corrected chi connectivity index (χ3v) is 6.31. The maximum absolute atomic E-state index is 13.6. The normalized spacial score (nSPS) is 20.4. The lowest BCUT2D eigenvalue weighted by atomic mass is 9.77. The van der Waals surface area contributed by atoms with Crippen LogP contribution in [-0.4, -0.2) is 43.8 Å². The smallest absolute Gasteiger partial charge is 0.257 e. The summed E-state index contributed by atoms with van der Waals surface area (Å²) >= 11 is 0. The highest BCUT2D eigenvalue weighted by molar-refractivity contribution is 6.00. The Kier molecular flexibility index (Phi) is 4.46. The van der Waals surface area contributed by atoms with E-state index in [1.54, 1.807) is 6.20 Å². The number of rotatable bonds is 2. The summed E-state index contributed by atoms with van der Waals surface area (Å²) in [5.41, 5.74) is 10.0. The first-order valence-electron chi connectivity index (χ1n) is 10.4. The third-order valence-electron chi connectivity index (χ3n) is 6.31. The first kappa shape index (κ1) is 18.7. The molecule has 1 aromatic carbocycles. The van der Waals surface area contributed by atoms with Crippen LogP contribution in [0.4, 0.5) is 5.95 Å². The molecule has 3 aromatic rings. The van der Waals surface area contributed by atoms with E-state index in [1.807, 2.05) is 48.4 Å². The Balaban J connectivity index is 1.50. The summed E-state index contributed by atoms with van der Waals surface area (Å²) in [6.45, 7) is 3.31. The highest BCUT2D eigenvalue weighted by Gasteiger charge is 2.45. The number of aryl methyl sites for hydroxylation is 2. The van der Waals surface area contributed by atoms with E-state index >= 15 is 0 Å². The monoisotopic (exact) mass is 400 g/mol. The van der Waals surface area contributed by atoms with Crippen LogP contribution in [-0.2, 0) is 11.8 Å². The van der Waals surface area contributed by atoms with Gasteiger partial charge in [-0.1, -0.05) is 30.3 Å². The minimum absolute atomic E-state index is 0.0489. The fraction of sp³-hybridized carbons (Fsp3) is 0.348. The van der Waals surface area contributed by atoms with Crippen molar-refractivity contribution < 1.29 is 4.79 Å². The van der Waals surface area contributed by atoms with Gasteiger partial charge < -0.3 is 10.6 Å². The van der Waals surface area contributed by atoms with Gasteiger partial charge in [-0.05, 0) is 38.2 Å². The molecule has 7 nitrogen and oxygen atoms in total. The molecule has 2 aromatic heterocycles. The first-order chi connectivity index (χ1) is 14.6. The summed E-state index contributed by atoms with van der Waals surface area (Å²) in [6, 6.07) is 9.65. The Morgan fingerprint density at radius 1 is 1.10 bits per heavy atom. The zero-order chi connectivity index (χ0) is 20.7. The van der Waals surface area contributed by atoms with E-state index in [4.69, 9.17) is 10.7 Å². The highest BCUT2D eigenvalue weighted by atomic mass is 16.2. The zero-order valence-corrected chi connectivity index (χ0v) is 17.0. The van der Waals surface area contributed by atoms with Crippen molar-refractivity contribution in [3.05, 3.63) is 65.4 Å². The lowest BCUT2D eigenvalue weighted by Crippen LogP contribution is -2.48. The van der Waals surface area contributed by atoms with Gasteiger partial charge in [0, 0.05) is 36.5 Å². The van der Waals surface area contributed by atoms with Gasteiger partial charge >= 0.3 is 0 Å². The van der Waals surface area contributed by atoms with Crippen molar-refractivity contribution in [2.24, 2.45) is 0 Å². The number of benzene rings is 1. The van der Waals surface area contributed by atoms with Crippen molar-refractivity contribution in [1.29, 1.82) is 0 Å². The summed E-state index contributed by atoms with van der Waals surface area (Å²) in [5.74, 6) is 0.904. The average molecular weight is 400 g/mol. The van der Waals surface area contributed by atoms with Crippen LogP contribution < -0.4 is 5.73 Å². The van der Waals surface area contributed by atoms with E-state index in [-0.39, 0.29) is 17.3 Å². The average Bonchev–Trinajstić information content (AvgIpc) is 3.10. The minimum Gasteiger partial charge on any atom is -0.368 e. The maximum atomic E-state index is 13.6. The molecule has 30 heavy (non-hydrogen) atoms. The van der Waals surface area contributed by atoms with E-state index < -0.39 is 0 Å². The molecule has 2 aliphatic rings. The maximum Gasteiger partial charge on any atom is 0.257 e. The van der Waals surface area contributed by atoms with Crippen LogP contribution in [0.2, 0.25) is 0 Å². The molecule has 1 amide bonds. The molecule has 1 spiro atoms. The molecule has 1 atom stereocenters. The third kappa shape index (κ3) is 3.10. The molecule has 152 valence electrons. The summed E-state index contributed by atoms with van der Waals surface area (Å²) < 4.78 is 0. The Morgan fingerprint density at radius 2 is 1.93 bits per heavy atom. The molecule has 1 unspecified atom stereocenters. The summed E-state index contributed by atoms with van der Waals surface area (Å²) in [5, 5.41) is 0. The molecule has 1 fully saturated rings. The van der Waals surface area contributed by atoms with E-state index in [2.05, 4.69) is 15.0 Å². The number of nitrogens with two attached hydrogens (primary N) is 1. The van der Waals surface area contributed by atoms with Gasteiger partial charge in [0.15, 0.2) is 0 Å². The van der Waals surface area contributed by atoms with E-state index in [0.717, 1.165) is 49.3 Å². The number of anilines is 1. The molecular formula is C23H24N6O. The number of nitrogen functional groups attached to an aromatic ring is 1. The second-order valence-electron chi connectivity index (χ2n) is 8.26. The number of nitrogens with zero attached hydrogens (tertiary/aromatic N) is 5. The second kappa shape index (κ2) is 7.16. The second-order valence-corrected chi connectivity index (χ2v) is 8.26. The van der Waals surface area contributed by atoms with Crippen LogP contribution in [0.25, 0.3) is 11.3 Å². The number of hydrogen-bond donors (Lipinski definition) is 1. The van der Waals surface area contributed by atoms with Gasteiger partial charge in [0.1, 0.15) is 5.82 Å². The van der Waals surface area contributed by atoms with Gasteiger partial charge in [0.25, 0.3) is 5.91 Å². The van der Waals surface area contributed by atoms with E-state index in [9.17, 15) is 4.79 Å². The molecule has 3 heterocycles. The number of amides is 1. The Morgan fingerprint density at radius 3 is 2.77 bits per heavy atom. The van der Waals surface area contributed by atoms with Crippen LogP contribution in [0.3, 0.4) is 0 Å². The Labute approximate surface area is 175 Å². The predicted molar refractivity (Wildman–Crippen MR) is 114 cm³/mol. The molecule has 1 saturated heterocycles. The van der Waals surface area contributed by atoms with E-state index in [0.29, 0.717) is 17.8 Å². The number of aromatic nitrogens is 4. The molecule has 1 aliphatic carbocycles. The van der Waals surface area contributed by atoms with Crippen molar-refractivity contribution in [1.82, 2.24) is 24.8 Å². The topological polar surface area (TPSA) is 97.9 Å². The molecule has 0 radical (unpaired) electrons. The van der Waals surface area contributed by atoms with Crippen molar-refractivity contribution in [2.75, 3.05) is 18.8 Å². The van der Waals surface area contributed by atoms with Gasteiger partial charge in [0.2, 0.25) is 5.95 Å². The van der Waals surface area contributed by atoms with Crippen LogP contribution in [0, 0.1) is 6.92 Å². The lowest BCUT2D eigenvalue weighted by Gasteiger charge is -2.40. The summed E-state index contributed by atoms with van der Waals surface area (Å²) in [7, 11) is 0. The standard InChI is InChI=1S/C23H24N6O/c1-15-25-12-17-8-10-23(20(17)27-15)9-5-11-29(14-23)21(30)18-13-26-22(24)28-19(18)16-6-3-2-4-7-16/h2-4,6-7,12-13H,5,8-11,14H2,1H3,(H2,24,26,28). The van der Waals surface area contributed by atoms with E-state index in [1.165, 1.54) is 5.56 Å². The largest absolute Gasteiger partial charge is 0.368 e. The molecular weight excluding hydrogens is 376 g/mol. The number of hydrogen-bond acceptors (Lipinski definition) is 6. The number of likely N-dealkylation sites (tertiary alicyclic amines) is 1. The Bertz CT molecular complexity index is 1110. The van der Waals surface area contributed by atoms with Crippen LogP contribution in [0.15, 0.2) is 42.7 Å². The first-order valence-corrected chi connectivity index (χ1v) is 10.4. The van der Waals surface area contributed by atoms with Crippen LogP contribution in [0.5, 0.6) is 0 Å². The molecule has 0 saturated carbocycles. The number of carbonyl (C=O) groups excluding carboxylic acids is 1. The minimum atomic E-state index is -0.0848. The van der Waals surface area contributed by atoms with Crippen molar-refractivity contribution >= 4 is 11.9 Å². The quantitative estimate of drug-likeness (QED) is 0.710. The predicted octanol–water partition coefficient (Wildman–Crippen LogP) is 2.94. The molecule has 1 aliphatic heterocycles. The lowest BCUT2D eigenvalue weighted by molar-refractivity contribution is 0.0633. The fourth-order valence-corrected chi connectivity index (χ4v) is 4.87. The SMILES string of the molecule is Cc1ncc2c(n1)C1(CCCN(C(=O)c3cnc(N)nc3-c3ccccc3)C1)CC2. The number of fused-ring (bicyclic) bond motifs is 2. The molecule has 7 heteroatoms. The summed E-state index contributed by atoms with van der Waals surface area (Å²) in [4.78, 5) is 33.2. The van der Waals surface area contributed by atoms with Crippen molar-refractivity contribution in [3.63, 3.8) is 0 Å². The molecule has 2 N–H and O–H groups in total. The van der Waals surface area contributed by atoms with Gasteiger partial charge in [-0.3, -0.25) is 4.79 Å². The zero-order valence-electron chi connectivity index (χ0n) is 17.0. The Hall–Kier alpha value is -3.35. The molecule has 0 bridgehead atoms. The highest BCUT2D eigenvalue weighted by Crippen LogP contribution is 2.44. The van der Waals surface area contributed by atoms with Gasteiger partial charge in [-0.15, -0.1) is 0 Å². The van der Waals surface area contributed by atoms with Crippen molar-refractivity contribution in [3.8, 4) is 11.3 Å². The molecule has 5 rings (SSSR count).